The first-order valence-corrected chi connectivity index (χ1v) is 14.8. The van der Waals surface area contributed by atoms with Crippen LogP contribution in [0, 0.1) is 11.8 Å². The molecule has 3 aromatic rings. The number of carbonyl (C=O) groups is 1. The van der Waals surface area contributed by atoms with Crippen molar-refractivity contribution in [1.29, 1.82) is 0 Å². The van der Waals surface area contributed by atoms with E-state index >= 15 is 0 Å². The van der Waals surface area contributed by atoms with Gasteiger partial charge in [-0.25, -0.2) is 0 Å². The minimum Gasteiger partial charge on any atom is -0.320 e. The molecule has 0 N–H and O–H groups in total. The lowest BCUT2D eigenvalue weighted by atomic mass is 9.58. The van der Waals surface area contributed by atoms with Crippen molar-refractivity contribution in [2.24, 2.45) is 18.9 Å². The fourth-order valence-electron chi connectivity index (χ4n) is 6.97. The van der Waals surface area contributed by atoms with E-state index in [0.717, 1.165) is 55.5 Å². The maximum atomic E-state index is 13.8. The molecule has 1 atom stereocenters. The number of fused-ring (bicyclic) bond motifs is 1. The van der Waals surface area contributed by atoms with Crippen LogP contribution in [0.15, 0.2) is 47.6 Å². The Morgan fingerprint density at radius 3 is 2.68 bits per heavy atom. The Hall–Kier alpha value is -2.64. The summed E-state index contributed by atoms with van der Waals surface area (Å²) in [6.45, 7) is 8.48. The smallest absolute Gasteiger partial charge is 0.258 e. The fourth-order valence-corrected chi connectivity index (χ4v) is 7.66. The molecule has 2 aliphatic heterocycles. The van der Waals surface area contributed by atoms with Gasteiger partial charge in [-0.05, 0) is 91.3 Å². The van der Waals surface area contributed by atoms with Crippen LogP contribution < -0.4 is 4.90 Å². The van der Waals surface area contributed by atoms with Crippen LogP contribution in [-0.2, 0) is 25.6 Å². The average molecular weight is 516 g/mol. The molecular weight excluding hydrogens is 478 g/mol. The number of anilines is 1. The van der Waals surface area contributed by atoms with Gasteiger partial charge in [0.05, 0.1) is 12.0 Å². The molecule has 0 unspecified atom stereocenters. The van der Waals surface area contributed by atoms with Crippen LogP contribution in [0.1, 0.15) is 72.4 Å². The summed E-state index contributed by atoms with van der Waals surface area (Å²) in [7, 11) is 2.02. The van der Waals surface area contributed by atoms with E-state index in [0.29, 0.717) is 12.5 Å². The number of piperidine rings is 1. The van der Waals surface area contributed by atoms with Gasteiger partial charge in [-0.2, -0.15) is 0 Å². The lowest BCUT2D eigenvalue weighted by Gasteiger charge is -2.46. The maximum absolute atomic E-state index is 13.8. The number of aromatic nitrogens is 3. The monoisotopic (exact) mass is 515 g/mol. The van der Waals surface area contributed by atoms with Gasteiger partial charge < -0.3 is 9.47 Å². The number of carbonyl (C=O) groups excluding carboxylic acids is 1. The topological polar surface area (TPSA) is 54.3 Å². The number of hydrogen-bond donors (Lipinski definition) is 0. The van der Waals surface area contributed by atoms with E-state index in [-0.39, 0.29) is 11.3 Å². The molecule has 1 aromatic heterocycles. The molecule has 7 heteroatoms. The van der Waals surface area contributed by atoms with Gasteiger partial charge >= 0.3 is 0 Å². The van der Waals surface area contributed by atoms with Gasteiger partial charge in [0.2, 0.25) is 0 Å². The molecule has 6 nitrogen and oxygen atoms in total. The maximum Gasteiger partial charge on any atom is 0.258 e. The Bertz CT molecular complexity index is 1330. The molecule has 194 valence electrons. The Balaban J connectivity index is 1.30. The predicted molar refractivity (Wildman–Crippen MR) is 149 cm³/mol. The summed E-state index contributed by atoms with van der Waals surface area (Å²) in [5, 5.41) is 8.68. The van der Waals surface area contributed by atoms with Crippen LogP contribution in [-0.4, -0.2) is 44.9 Å². The van der Waals surface area contributed by atoms with Gasteiger partial charge in [0, 0.05) is 36.3 Å². The highest BCUT2D eigenvalue weighted by molar-refractivity contribution is 7.98. The number of thioether (sulfide) groups is 1. The number of amides is 1. The molecule has 1 aliphatic carbocycles. The summed E-state index contributed by atoms with van der Waals surface area (Å²) in [5.74, 6) is 2.52. The second-order valence-electron chi connectivity index (χ2n) is 11.6. The van der Waals surface area contributed by atoms with Gasteiger partial charge in [0.1, 0.15) is 12.2 Å². The minimum absolute atomic E-state index is 0.117. The van der Waals surface area contributed by atoms with E-state index < -0.39 is 0 Å². The van der Waals surface area contributed by atoms with E-state index in [2.05, 4.69) is 71.6 Å². The number of rotatable bonds is 6. The number of likely N-dealkylation sites (tertiary alicyclic amines) is 1. The molecule has 37 heavy (non-hydrogen) atoms. The van der Waals surface area contributed by atoms with Crippen LogP contribution in [0.3, 0.4) is 0 Å². The lowest BCUT2D eigenvalue weighted by Crippen LogP contribution is -2.43. The molecule has 1 saturated carbocycles. The highest BCUT2D eigenvalue weighted by Gasteiger charge is 2.48. The first kappa shape index (κ1) is 24.7. The quantitative estimate of drug-likeness (QED) is 0.398. The van der Waals surface area contributed by atoms with E-state index in [4.69, 9.17) is 0 Å². The van der Waals surface area contributed by atoms with Crippen LogP contribution in [0.2, 0.25) is 0 Å². The Kier molecular flexibility index (Phi) is 6.40. The number of benzene rings is 2. The highest BCUT2D eigenvalue weighted by atomic mass is 32.2. The van der Waals surface area contributed by atoms with E-state index in [1.54, 1.807) is 18.1 Å². The van der Waals surface area contributed by atoms with Crippen LogP contribution in [0.5, 0.6) is 0 Å². The normalized spacial score (nSPS) is 25.8. The summed E-state index contributed by atoms with van der Waals surface area (Å²) in [5.41, 5.74) is 5.35. The third-order valence-electron chi connectivity index (χ3n) is 8.67. The number of nitrogens with zero attached hydrogens (tertiary/aromatic N) is 5. The van der Waals surface area contributed by atoms with Crippen LogP contribution >= 0.6 is 11.8 Å². The van der Waals surface area contributed by atoms with Gasteiger partial charge in [0.15, 0.2) is 0 Å². The zero-order valence-electron chi connectivity index (χ0n) is 22.4. The molecule has 1 amide bonds. The molecular formula is C30H37N5OS. The molecule has 2 fully saturated rings. The predicted octanol–water partition coefficient (Wildman–Crippen LogP) is 5.65. The summed E-state index contributed by atoms with van der Waals surface area (Å²) < 4.78 is 2.05. The van der Waals surface area contributed by atoms with E-state index in [1.165, 1.54) is 34.4 Å². The molecule has 0 spiro atoms. The fraction of sp³-hybridized carbons (Fsp3) is 0.500. The standard InChI is InChI=1S/C30H37N5OS/c1-20-7-6-10-34(16-20)17-22-11-25-26(27(12-22)37-4)18-35(28(25)36)24-9-5-8-23(13-24)30(14-21(2)15-30)29-32-31-19-33(29)3/h5,8-9,11-13,19-21H,6-7,10,14-18H2,1-4H3/t20-,21-,30+/m0/s1. The first-order valence-electron chi connectivity index (χ1n) is 13.6. The molecule has 3 heterocycles. The summed E-state index contributed by atoms with van der Waals surface area (Å²) in [6.07, 6.45) is 8.59. The second-order valence-corrected chi connectivity index (χ2v) is 12.5. The number of hydrogen-bond acceptors (Lipinski definition) is 5. The van der Waals surface area contributed by atoms with Gasteiger partial charge in [-0.15, -0.1) is 22.0 Å². The van der Waals surface area contributed by atoms with E-state index in [1.807, 2.05) is 16.5 Å². The largest absolute Gasteiger partial charge is 0.320 e. The van der Waals surface area contributed by atoms with Crippen LogP contribution in [0.25, 0.3) is 0 Å². The molecule has 0 radical (unpaired) electrons. The third kappa shape index (κ3) is 4.30. The Morgan fingerprint density at radius 2 is 1.97 bits per heavy atom. The van der Waals surface area contributed by atoms with Crippen molar-refractivity contribution in [3.05, 3.63) is 70.8 Å². The molecule has 2 aromatic carbocycles. The minimum atomic E-state index is -0.139. The Labute approximate surface area is 224 Å². The molecule has 1 saturated heterocycles. The van der Waals surface area contributed by atoms with Crippen molar-refractivity contribution < 1.29 is 4.79 Å². The SMILES string of the molecule is CSc1cc(CN2CCC[C@H](C)C2)cc2c1CN(c1cccc([C@]3(c4nncn4C)C[C@@H](C)C3)c1)C2=O. The zero-order chi connectivity index (χ0) is 25.7. The van der Waals surface area contributed by atoms with Crippen molar-refractivity contribution in [2.75, 3.05) is 24.2 Å². The zero-order valence-corrected chi connectivity index (χ0v) is 23.2. The summed E-state index contributed by atoms with van der Waals surface area (Å²) in [6, 6.07) is 13.1. The first-order chi connectivity index (χ1) is 17.9. The Morgan fingerprint density at radius 1 is 1.14 bits per heavy atom. The molecule has 6 rings (SSSR count). The average Bonchev–Trinajstić information content (AvgIpc) is 3.45. The van der Waals surface area contributed by atoms with Crippen LogP contribution in [0.4, 0.5) is 5.69 Å². The van der Waals surface area contributed by atoms with Gasteiger partial charge in [-0.1, -0.05) is 26.0 Å². The van der Waals surface area contributed by atoms with Crippen molar-refractivity contribution in [3.63, 3.8) is 0 Å². The van der Waals surface area contributed by atoms with Crippen molar-refractivity contribution in [3.8, 4) is 0 Å². The summed E-state index contributed by atoms with van der Waals surface area (Å²) in [4.78, 5) is 19.6. The van der Waals surface area contributed by atoms with Crippen molar-refractivity contribution in [2.45, 2.75) is 62.9 Å². The van der Waals surface area contributed by atoms with Gasteiger partial charge in [-0.3, -0.25) is 9.69 Å². The second kappa shape index (κ2) is 9.59. The third-order valence-corrected chi connectivity index (χ3v) is 9.48. The molecule has 0 bridgehead atoms. The number of aryl methyl sites for hydroxylation is 1. The van der Waals surface area contributed by atoms with E-state index in [9.17, 15) is 4.79 Å². The highest BCUT2D eigenvalue weighted by Crippen LogP contribution is 2.52. The lowest BCUT2D eigenvalue weighted by molar-refractivity contribution is 0.0996. The van der Waals surface area contributed by atoms with Crippen molar-refractivity contribution in [1.82, 2.24) is 19.7 Å². The molecule has 3 aliphatic rings. The van der Waals surface area contributed by atoms with Crippen molar-refractivity contribution >= 4 is 23.4 Å². The summed E-state index contributed by atoms with van der Waals surface area (Å²) >= 11 is 1.76. The van der Waals surface area contributed by atoms with Gasteiger partial charge in [0.25, 0.3) is 5.91 Å².